The molecule has 2 aliphatic heterocycles. The highest BCUT2D eigenvalue weighted by atomic mass is 16.5. The molecule has 1 fully saturated rings. The maximum absolute atomic E-state index is 13.6. The van der Waals surface area contributed by atoms with Crippen LogP contribution in [0.1, 0.15) is 88.8 Å². The second-order valence-electron chi connectivity index (χ2n) is 9.92. The van der Waals surface area contributed by atoms with Gasteiger partial charge in [-0.1, -0.05) is 70.1 Å². The molecule has 5 nitrogen and oxygen atoms in total. The monoisotopic (exact) mass is 454 g/mol. The first-order chi connectivity index (χ1) is 15.8. The number of nitrogens with zero attached hydrogens (tertiary/aromatic N) is 2. The van der Waals surface area contributed by atoms with Crippen LogP contribution in [-0.2, 0) is 14.3 Å². The van der Waals surface area contributed by atoms with E-state index in [1.807, 2.05) is 32.0 Å². The lowest BCUT2D eigenvalue weighted by molar-refractivity contribution is -0.138. The van der Waals surface area contributed by atoms with Crippen molar-refractivity contribution in [2.45, 2.75) is 98.2 Å². The van der Waals surface area contributed by atoms with Crippen LogP contribution < -0.4 is 0 Å². The SMILES string of the molecule is CCCCCCCCCCN1C(=O)C(c2ccc(C)c(C)c2)=C(N2CC(C)OC(C)C2)C1=O. The van der Waals surface area contributed by atoms with E-state index in [0.717, 1.165) is 24.0 Å². The lowest BCUT2D eigenvalue weighted by atomic mass is 9.99. The smallest absolute Gasteiger partial charge is 0.277 e. The third-order valence-corrected chi connectivity index (χ3v) is 6.91. The van der Waals surface area contributed by atoms with Gasteiger partial charge in [0.2, 0.25) is 0 Å². The van der Waals surface area contributed by atoms with Crippen molar-refractivity contribution in [1.29, 1.82) is 0 Å². The normalized spacial score (nSPS) is 21.5. The summed E-state index contributed by atoms with van der Waals surface area (Å²) in [6.45, 7) is 12.2. The molecule has 2 aliphatic rings. The quantitative estimate of drug-likeness (QED) is 0.321. The minimum atomic E-state index is -0.145. The maximum Gasteiger partial charge on any atom is 0.277 e. The van der Waals surface area contributed by atoms with Crippen molar-refractivity contribution in [1.82, 2.24) is 9.80 Å². The first kappa shape index (κ1) is 25.5. The van der Waals surface area contributed by atoms with E-state index in [9.17, 15) is 9.59 Å². The Morgan fingerprint density at radius 3 is 2.06 bits per heavy atom. The molecule has 3 rings (SSSR count). The van der Waals surface area contributed by atoms with Gasteiger partial charge in [0.1, 0.15) is 5.70 Å². The van der Waals surface area contributed by atoms with Crippen LogP contribution in [0.4, 0.5) is 0 Å². The van der Waals surface area contributed by atoms with Crippen molar-refractivity contribution in [2.75, 3.05) is 19.6 Å². The molecule has 0 bridgehead atoms. The molecule has 1 aromatic rings. The number of morpholine rings is 1. The fourth-order valence-electron chi connectivity index (χ4n) is 4.98. The zero-order valence-electron chi connectivity index (χ0n) is 21.3. The molecule has 0 aliphatic carbocycles. The van der Waals surface area contributed by atoms with Gasteiger partial charge in [-0.25, -0.2) is 0 Å². The number of ether oxygens (including phenoxy) is 1. The number of hydrogen-bond acceptors (Lipinski definition) is 4. The van der Waals surface area contributed by atoms with Gasteiger partial charge in [0.15, 0.2) is 0 Å². The predicted molar refractivity (Wildman–Crippen MR) is 134 cm³/mol. The van der Waals surface area contributed by atoms with Gasteiger partial charge in [-0.05, 0) is 50.8 Å². The van der Waals surface area contributed by atoms with Gasteiger partial charge in [0.25, 0.3) is 11.8 Å². The van der Waals surface area contributed by atoms with Gasteiger partial charge in [-0.2, -0.15) is 0 Å². The number of carbonyl (C=O) groups excluding carboxylic acids is 2. The Morgan fingerprint density at radius 2 is 1.45 bits per heavy atom. The van der Waals surface area contributed by atoms with E-state index in [2.05, 4.69) is 25.7 Å². The summed E-state index contributed by atoms with van der Waals surface area (Å²) in [5.74, 6) is -0.287. The summed E-state index contributed by atoms with van der Waals surface area (Å²) in [6, 6.07) is 6.07. The van der Waals surface area contributed by atoms with Crippen LogP contribution in [-0.4, -0.2) is 53.5 Å². The lowest BCUT2D eigenvalue weighted by Crippen LogP contribution is -2.47. The van der Waals surface area contributed by atoms with Gasteiger partial charge in [0, 0.05) is 19.6 Å². The van der Waals surface area contributed by atoms with Crippen LogP contribution >= 0.6 is 0 Å². The number of unbranched alkanes of at least 4 members (excludes halogenated alkanes) is 7. The molecule has 2 atom stereocenters. The van der Waals surface area contributed by atoms with Crippen molar-refractivity contribution in [3.63, 3.8) is 0 Å². The fourth-order valence-corrected chi connectivity index (χ4v) is 4.98. The molecule has 2 amide bonds. The molecule has 0 N–H and O–H groups in total. The number of benzene rings is 1. The number of aryl methyl sites for hydroxylation is 2. The van der Waals surface area contributed by atoms with Crippen molar-refractivity contribution in [2.24, 2.45) is 0 Å². The second kappa shape index (κ2) is 11.8. The standard InChI is InChI=1S/C28H42N2O3/c1-6-7-8-9-10-11-12-13-16-30-27(31)25(24-15-14-20(2)21(3)17-24)26(28(30)32)29-18-22(4)33-23(5)19-29/h14-15,17,22-23H,6-13,16,18-19H2,1-5H3. The molecule has 2 unspecified atom stereocenters. The average molecular weight is 455 g/mol. The molecular weight excluding hydrogens is 412 g/mol. The number of rotatable bonds is 11. The first-order valence-electron chi connectivity index (χ1n) is 12.9. The van der Waals surface area contributed by atoms with Crippen LogP contribution in [0.2, 0.25) is 0 Å². The van der Waals surface area contributed by atoms with Gasteiger partial charge in [-0.15, -0.1) is 0 Å². The highest BCUT2D eigenvalue weighted by Gasteiger charge is 2.42. The highest BCUT2D eigenvalue weighted by molar-refractivity contribution is 6.35. The summed E-state index contributed by atoms with van der Waals surface area (Å²) in [4.78, 5) is 30.7. The summed E-state index contributed by atoms with van der Waals surface area (Å²) >= 11 is 0. The summed E-state index contributed by atoms with van der Waals surface area (Å²) in [6.07, 6.45) is 9.54. The van der Waals surface area contributed by atoms with E-state index in [4.69, 9.17) is 4.74 Å². The zero-order chi connectivity index (χ0) is 24.0. The summed E-state index contributed by atoms with van der Waals surface area (Å²) in [5, 5.41) is 0. The van der Waals surface area contributed by atoms with E-state index in [-0.39, 0.29) is 24.0 Å². The van der Waals surface area contributed by atoms with E-state index in [1.165, 1.54) is 49.0 Å². The Kier molecular flexibility index (Phi) is 9.13. The van der Waals surface area contributed by atoms with Crippen molar-refractivity contribution < 1.29 is 14.3 Å². The molecule has 33 heavy (non-hydrogen) atoms. The molecule has 0 radical (unpaired) electrons. The molecule has 0 spiro atoms. The van der Waals surface area contributed by atoms with Crippen LogP contribution in [0.3, 0.4) is 0 Å². The molecule has 5 heteroatoms. The van der Waals surface area contributed by atoms with E-state index >= 15 is 0 Å². The number of imide groups is 1. The zero-order valence-corrected chi connectivity index (χ0v) is 21.3. The molecule has 0 aromatic heterocycles. The van der Waals surface area contributed by atoms with Gasteiger partial charge in [-0.3, -0.25) is 14.5 Å². The van der Waals surface area contributed by atoms with Crippen LogP contribution in [0.5, 0.6) is 0 Å². The molecule has 1 aromatic carbocycles. The molecule has 2 heterocycles. The lowest BCUT2D eigenvalue weighted by Gasteiger charge is -2.37. The van der Waals surface area contributed by atoms with E-state index < -0.39 is 0 Å². The van der Waals surface area contributed by atoms with Crippen LogP contribution in [0, 0.1) is 13.8 Å². The molecule has 182 valence electrons. The predicted octanol–water partition coefficient (Wildman–Crippen LogP) is 5.63. The Morgan fingerprint density at radius 1 is 0.848 bits per heavy atom. The van der Waals surface area contributed by atoms with Gasteiger partial charge >= 0.3 is 0 Å². The highest BCUT2D eigenvalue weighted by Crippen LogP contribution is 2.34. The maximum atomic E-state index is 13.6. The summed E-state index contributed by atoms with van der Waals surface area (Å²) < 4.78 is 5.89. The fraction of sp³-hybridized carbons (Fsp3) is 0.643. The van der Waals surface area contributed by atoms with Crippen molar-refractivity contribution in [3.05, 3.63) is 40.6 Å². The van der Waals surface area contributed by atoms with E-state index in [0.29, 0.717) is 30.9 Å². The van der Waals surface area contributed by atoms with Crippen LogP contribution in [0.25, 0.3) is 5.57 Å². The minimum Gasteiger partial charge on any atom is -0.372 e. The number of carbonyl (C=O) groups is 2. The Balaban J connectivity index is 1.75. The molecule has 0 saturated carbocycles. The molecule has 1 saturated heterocycles. The van der Waals surface area contributed by atoms with Crippen LogP contribution in [0.15, 0.2) is 23.9 Å². The van der Waals surface area contributed by atoms with Crippen molar-refractivity contribution in [3.8, 4) is 0 Å². The Labute approximate surface area is 200 Å². The summed E-state index contributed by atoms with van der Waals surface area (Å²) in [7, 11) is 0. The van der Waals surface area contributed by atoms with E-state index in [1.54, 1.807) is 0 Å². The second-order valence-corrected chi connectivity index (χ2v) is 9.92. The Hall–Kier alpha value is -2.14. The van der Waals surface area contributed by atoms with Gasteiger partial charge in [0.05, 0.1) is 17.8 Å². The summed E-state index contributed by atoms with van der Waals surface area (Å²) in [5.41, 5.74) is 4.28. The third kappa shape index (κ3) is 6.26. The largest absolute Gasteiger partial charge is 0.372 e. The Bertz CT molecular complexity index is 866. The third-order valence-electron chi connectivity index (χ3n) is 6.91. The minimum absolute atomic E-state index is 0.0203. The number of hydrogen-bond donors (Lipinski definition) is 0. The average Bonchev–Trinajstić information content (AvgIpc) is 3.01. The topological polar surface area (TPSA) is 49.9 Å². The molecular formula is C28H42N2O3. The van der Waals surface area contributed by atoms with Gasteiger partial charge < -0.3 is 9.64 Å². The first-order valence-corrected chi connectivity index (χ1v) is 12.9. The number of amides is 2. The van der Waals surface area contributed by atoms with Crippen molar-refractivity contribution >= 4 is 17.4 Å².